The quantitative estimate of drug-likeness (QED) is 0.691. The monoisotopic (exact) mass is 162 g/mol. The molecule has 3 heteroatoms. The van der Waals surface area contributed by atoms with Crippen molar-refractivity contribution in [2.45, 2.75) is 13.3 Å². The molecule has 0 aliphatic rings. The first-order chi connectivity index (χ1) is 5.81. The summed E-state index contributed by atoms with van der Waals surface area (Å²) in [6.45, 7) is 2.04. The molecule has 3 nitrogen and oxygen atoms in total. The van der Waals surface area contributed by atoms with Gasteiger partial charge < -0.3 is 5.11 Å². The van der Waals surface area contributed by atoms with Crippen LogP contribution >= 0.6 is 0 Å². The number of aromatic nitrogens is 2. The first-order valence-corrected chi connectivity index (χ1v) is 3.97. The Morgan fingerprint density at radius 1 is 1.50 bits per heavy atom. The van der Waals surface area contributed by atoms with Gasteiger partial charge in [0.15, 0.2) is 5.88 Å². The van der Waals surface area contributed by atoms with E-state index in [2.05, 4.69) is 4.98 Å². The fourth-order valence-corrected chi connectivity index (χ4v) is 1.22. The Kier molecular flexibility index (Phi) is 1.50. The van der Waals surface area contributed by atoms with Crippen molar-refractivity contribution >= 4 is 5.65 Å². The van der Waals surface area contributed by atoms with Gasteiger partial charge in [0.05, 0.1) is 5.69 Å². The second kappa shape index (κ2) is 2.52. The average molecular weight is 162 g/mol. The number of rotatable bonds is 1. The molecule has 12 heavy (non-hydrogen) atoms. The fourth-order valence-electron chi connectivity index (χ4n) is 1.22. The number of aromatic hydroxyl groups is 1. The molecule has 0 fully saturated rings. The highest BCUT2D eigenvalue weighted by Gasteiger charge is 2.01. The third-order valence-corrected chi connectivity index (χ3v) is 1.88. The lowest BCUT2D eigenvalue weighted by atomic mass is 10.4. The van der Waals surface area contributed by atoms with Crippen LogP contribution in [0.5, 0.6) is 5.88 Å². The van der Waals surface area contributed by atoms with E-state index in [0.717, 1.165) is 17.8 Å². The second-order valence-electron chi connectivity index (χ2n) is 2.70. The summed E-state index contributed by atoms with van der Waals surface area (Å²) in [7, 11) is 0. The van der Waals surface area contributed by atoms with E-state index in [4.69, 9.17) is 0 Å². The zero-order valence-corrected chi connectivity index (χ0v) is 6.86. The number of imidazole rings is 1. The first-order valence-electron chi connectivity index (χ1n) is 3.97. The van der Waals surface area contributed by atoms with Crippen molar-refractivity contribution in [1.29, 1.82) is 0 Å². The van der Waals surface area contributed by atoms with Crippen LogP contribution in [0.4, 0.5) is 0 Å². The van der Waals surface area contributed by atoms with Crippen LogP contribution in [-0.4, -0.2) is 14.5 Å². The van der Waals surface area contributed by atoms with Gasteiger partial charge in [-0.05, 0) is 18.6 Å². The molecule has 0 aliphatic carbocycles. The number of fused-ring (bicyclic) bond motifs is 1. The van der Waals surface area contributed by atoms with Crippen molar-refractivity contribution in [2.24, 2.45) is 0 Å². The van der Waals surface area contributed by atoms with E-state index in [0.29, 0.717) is 0 Å². The molecule has 0 spiro atoms. The van der Waals surface area contributed by atoms with Crippen LogP contribution in [0, 0.1) is 0 Å². The molecule has 2 heterocycles. The van der Waals surface area contributed by atoms with Crippen LogP contribution in [0.25, 0.3) is 5.65 Å². The first kappa shape index (κ1) is 7.16. The van der Waals surface area contributed by atoms with Crippen LogP contribution in [-0.2, 0) is 6.42 Å². The van der Waals surface area contributed by atoms with Gasteiger partial charge in [0.1, 0.15) is 5.65 Å². The average Bonchev–Trinajstić information content (AvgIpc) is 2.49. The van der Waals surface area contributed by atoms with Gasteiger partial charge in [-0.2, -0.15) is 0 Å². The molecule has 2 aromatic heterocycles. The summed E-state index contributed by atoms with van der Waals surface area (Å²) in [5.41, 5.74) is 1.79. The van der Waals surface area contributed by atoms with Crippen molar-refractivity contribution in [2.75, 3.05) is 0 Å². The van der Waals surface area contributed by atoms with Gasteiger partial charge >= 0.3 is 0 Å². The van der Waals surface area contributed by atoms with Gasteiger partial charge in [-0.1, -0.05) is 13.0 Å². The van der Waals surface area contributed by atoms with Crippen LogP contribution in [0.2, 0.25) is 0 Å². The van der Waals surface area contributed by atoms with E-state index >= 15 is 0 Å². The topological polar surface area (TPSA) is 37.5 Å². The largest absolute Gasteiger partial charge is 0.494 e. The Bertz CT molecular complexity index is 406. The molecule has 0 amide bonds. The molecule has 0 radical (unpaired) electrons. The van der Waals surface area contributed by atoms with Gasteiger partial charge in [0.2, 0.25) is 0 Å². The lowest BCUT2D eigenvalue weighted by Crippen LogP contribution is -1.81. The minimum atomic E-state index is 0.236. The summed E-state index contributed by atoms with van der Waals surface area (Å²) in [4.78, 5) is 4.30. The maximum atomic E-state index is 9.40. The number of pyridine rings is 1. The van der Waals surface area contributed by atoms with Crippen molar-refractivity contribution in [3.63, 3.8) is 0 Å². The molecule has 0 aromatic carbocycles. The lowest BCUT2D eigenvalue weighted by molar-refractivity contribution is 0.446. The van der Waals surface area contributed by atoms with E-state index in [1.165, 1.54) is 0 Å². The summed E-state index contributed by atoms with van der Waals surface area (Å²) in [5, 5.41) is 9.40. The number of hydrogen-bond donors (Lipinski definition) is 1. The van der Waals surface area contributed by atoms with Crippen LogP contribution < -0.4 is 0 Å². The van der Waals surface area contributed by atoms with Gasteiger partial charge in [0, 0.05) is 6.20 Å². The van der Waals surface area contributed by atoms with E-state index in [1.54, 1.807) is 16.5 Å². The predicted octanol–water partition coefficient (Wildman–Crippen LogP) is 1.60. The zero-order valence-electron chi connectivity index (χ0n) is 6.86. The van der Waals surface area contributed by atoms with Crippen molar-refractivity contribution in [1.82, 2.24) is 9.38 Å². The highest BCUT2D eigenvalue weighted by Crippen LogP contribution is 2.13. The Balaban J connectivity index is 2.74. The van der Waals surface area contributed by atoms with Crippen LogP contribution in [0.3, 0.4) is 0 Å². The fraction of sp³-hybridized carbons (Fsp3) is 0.222. The minimum Gasteiger partial charge on any atom is -0.494 e. The molecule has 0 aliphatic heterocycles. The van der Waals surface area contributed by atoms with Gasteiger partial charge in [0.25, 0.3) is 0 Å². The minimum absolute atomic E-state index is 0.236. The normalized spacial score (nSPS) is 10.8. The summed E-state index contributed by atoms with van der Waals surface area (Å²) < 4.78 is 1.68. The zero-order chi connectivity index (χ0) is 8.55. The number of nitrogens with zero attached hydrogens (tertiary/aromatic N) is 2. The maximum absolute atomic E-state index is 9.40. The Hall–Kier alpha value is -1.51. The molecular weight excluding hydrogens is 152 g/mol. The molecule has 0 saturated heterocycles. The van der Waals surface area contributed by atoms with Crippen LogP contribution in [0.15, 0.2) is 24.4 Å². The second-order valence-corrected chi connectivity index (χ2v) is 2.70. The van der Waals surface area contributed by atoms with Gasteiger partial charge in [-0.3, -0.25) is 4.40 Å². The van der Waals surface area contributed by atoms with Gasteiger partial charge in [-0.15, -0.1) is 0 Å². The number of aryl methyl sites for hydroxylation is 1. The SMILES string of the molecule is CCc1cn2c(O)cccc2n1. The Morgan fingerprint density at radius 3 is 3.00 bits per heavy atom. The molecule has 0 saturated carbocycles. The maximum Gasteiger partial charge on any atom is 0.196 e. The molecule has 2 rings (SSSR count). The summed E-state index contributed by atoms with van der Waals surface area (Å²) in [6, 6.07) is 5.31. The van der Waals surface area contributed by atoms with E-state index in [9.17, 15) is 5.11 Å². The molecule has 62 valence electrons. The van der Waals surface area contributed by atoms with Crippen molar-refractivity contribution < 1.29 is 5.11 Å². The standard InChI is InChI=1S/C9H10N2O/c1-2-7-6-11-8(10-7)4-3-5-9(11)12/h3-6,12H,2H2,1H3. The molecule has 0 unspecified atom stereocenters. The molecule has 0 bridgehead atoms. The highest BCUT2D eigenvalue weighted by atomic mass is 16.3. The van der Waals surface area contributed by atoms with Crippen LogP contribution in [0.1, 0.15) is 12.6 Å². The third-order valence-electron chi connectivity index (χ3n) is 1.88. The number of hydrogen-bond acceptors (Lipinski definition) is 2. The molecule has 0 atom stereocenters. The molecule has 1 N–H and O–H groups in total. The van der Waals surface area contributed by atoms with Crippen molar-refractivity contribution in [3.8, 4) is 5.88 Å². The predicted molar refractivity (Wildman–Crippen MR) is 46.2 cm³/mol. The Labute approximate surface area is 70.3 Å². The van der Waals surface area contributed by atoms with Gasteiger partial charge in [-0.25, -0.2) is 4.98 Å². The molecular formula is C9H10N2O. The highest BCUT2D eigenvalue weighted by molar-refractivity contribution is 5.43. The Morgan fingerprint density at radius 2 is 2.33 bits per heavy atom. The summed E-state index contributed by atoms with van der Waals surface area (Å²) in [5.74, 6) is 0.236. The lowest BCUT2D eigenvalue weighted by Gasteiger charge is -1.94. The van der Waals surface area contributed by atoms with E-state index in [-0.39, 0.29) is 5.88 Å². The summed E-state index contributed by atoms with van der Waals surface area (Å²) in [6.07, 6.45) is 2.74. The molecule has 2 aromatic rings. The summed E-state index contributed by atoms with van der Waals surface area (Å²) >= 11 is 0. The smallest absolute Gasteiger partial charge is 0.196 e. The van der Waals surface area contributed by atoms with E-state index in [1.807, 2.05) is 19.2 Å². The van der Waals surface area contributed by atoms with Crippen molar-refractivity contribution in [3.05, 3.63) is 30.1 Å². The third kappa shape index (κ3) is 0.942. The van der Waals surface area contributed by atoms with E-state index < -0.39 is 0 Å².